The molecule has 0 fully saturated rings. The standard InChI is InChI=1S/C28H37FN4O5/c1-8-12-18(4)37-25-16-24(22(29)15-21(25)27(34)30-23-14-11-10-13-17(23)3)33-28(35)32(7)26(31-33)19(5)38-20(6)36-9-2/h10-11,13-16,18-20H,8-9,12H2,1-7H3,(H,30,34)/t18-,19?,20?/m0/s1. The van der Waals surface area contributed by atoms with E-state index in [9.17, 15) is 9.59 Å². The summed E-state index contributed by atoms with van der Waals surface area (Å²) < 4.78 is 35.0. The number of aromatic nitrogens is 3. The molecule has 1 amide bonds. The second-order valence-corrected chi connectivity index (χ2v) is 9.20. The van der Waals surface area contributed by atoms with E-state index in [0.717, 1.165) is 29.2 Å². The van der Waals surface area contributed by atoms with Crippen LogP contribution in [0.25, 0.3) is 5.69 Å². The van der Waals surface area contributed by atoms with E-state index in [1.165, 1.54) is 17.7 Å². The van der Waals surface area contributed by atoms with Crippen molar-refractivity contribution in [2.75, 3.05) is 11.9 Å². The third-order valence-electron chi connectivity index (χ3n) is 6.11. The van der Waals surface area contributed by atoms with E-state index >= 15 is 4.39 Å². The molecule has 0 aliphatic carbocycles. The molecule has 0 spiro atoms. The van der Waals surface area contributed by atoms with E-state index in [4.69, 9.17) is 14.2 Å². The lowest BCUT2D eigenvalue weighted by molar-refractivity contribution is -0.156. The minimum Gasteiger partial charge on any atom is -0.490 e. The molecule has 3 atom stereocenters. The average molecular weight is 529 g/mol. The fourth-order valence-electron chi connectivity index (χ4n) is 4.15. The zero-order valence-electron chi connectivity index (χ0n) is 23.1. The van der Waals surface area contributed by atoms with Crippen LogP contribution >= 0.6 is 0 Å². The molecule has 9 nitrogen and oxygen atoms in total. The van der Waals surface area contributed by atoms with Crippen LogP contribution in [0.4, 0.5) is 10.1 Å². The van der Waals surface area contributed by atoms with Gasteiger partial charge in [-0.2, -0.15) is 4.68 Å². The maximum Gasteiger partial charge on any atom is 0.350 e. The van der Waals surface area contributed by atoms with Gasteiger partial charge in [-0.3, -0.25) is 9.36 Å². The third kappa shape index (κ3) is 6.68. The van der Waals surface area contributed by atoms with Gasteiger partial charge in [0.1, 0.15) is 23.4 Å². The Balaban J connectivity index is 2.04. The van der Waals surface area contributed by atoms with Crippen LogP contribution < -0.4 is 15.7 Å². The molecule has 10 heteroatoms. The SMILES string of the molecule is CCC[C@H](C)Oc1cc(-n2nc(C(C)OC(C)OCC)n(C)c2=O)c(F)cc1C(=O)Nc1ccccc1C. The number of amides is 1. The first kappa shape index (κ1) is 29.1. The molecule has 3 aromatic rings. The molecule has 0 aliphatic heterocycles. The van der Waals surface area contributed by atoms with Gasteiger partial charge >= 0.3 is 5.69 Å². The highest BCUT2D eigenvalue weighted by molar-refractivity contribution is 6.06. The first-order valence-electron chi connectivity index (χ1n) is 12.9. The number of carbonyl (C=O) groups excluding carboxylic acids is 1. The van der Waals surface area contributed by atoms with Crippen molar-refractivity contribution in [3.63, 3.8) is 0 Å². The Morgan fingerprint density at radius 2 is 1.87 bits per heavy atom. The molecule has 3 rings (SSSR count). The smallest absolute Gasteiger partial charge is 0.350 e. The van der Waals surface area contributed by atoms with Crippen molar-refractivity contribution < 1.29 is 23.4 Å². The number of anilines is 1. The summed E-state index contributed by atoms with van der Waals surface area (Å²) in [6.07, 6.45) is 0.233. The number of benzene rings is 2. The predicted molar refractivity (Wildman–Crippen MR) is 143 cm³/mol. The molecule has 206 valence electrons. The number of aryl methyl sites for hydroxylation is 1. The Bertz CT molecular complexity index is 1320. The van der Waals surface area contributed by atoms with Crippen molar-refractivity contribution in [2.45, 2.75) is 72.9 Å². The van der Waals surface area contributed by atoms with Gasteiger partial charge in [-0.1, -0.05) is 31.5 Å². The third-order valence-corrected chi connectivity index (χ3v) is 6.11. The Morgan fingerprint density at radius 3 is 2.53 bits per heavy atom. The van der Waals surface area contributed by atoms with E-state index in [1.807, 2.05) is 39.8 Å². The Labute approximate surface area is 222 Å². The van der Waals surface area contributed by atoms with Gasteiger partial charge in [-0.15, -0.1) is 5.10 Å². The summed E-state index contributed by atoms with van der Waals surface area (Å²) in [5, 5.41) is 7.18. The molecule has 1 aromatic heterocycles. The number of nitrogens with zero attached hydrogens (tertiary/aromatic N) is 3. The lowest BCUT2D eigenvalue weighted by Gasteiger charge is -2.19. The number of hydrogen-bond acceptors (Lipinski definition) is 6. The van der Waals surface area contributed by atoms with Crippen LogP contribution in [0.5, 0.6) is 5.75 Å². The molecule has 0 saturated carbocycles. The zero-order chi connectivity index (χ0) is 28.0. The van der Waals surface area contributed by atoms with Crippen LogP contribution in [0.1, 0.15) is 75.3 Å². The predicted octanol–water partition coefficient (Wildman–Crippen LogP) is 5.30. The first-order valence-corrected chi connectivity index (χ1v) is 12.9. The zero-order valence-corrected chi connectivity index (χ0v) is 23.1. The maximum atomic E-state index is 15.5. The monoisotopic (exact) mass is 528 g/mol. The van der Waals surface area contributed by atoms with Crippen molar-refractivity contribution in [3.05, 3.63) is 69.7 Å². The van der Waals surface area contributed by atoms with Gasteiger partial charge in [0.25, 0.3) is 5.91 Å². The fourth-order valence-corrected chi connectivity index (χ4v) is 4.15. The first-order chi connectivity index (χ1) is 18.1. The average Bonchev–Trinajstić information content (AvgIpc) is 3.15. The molecule has 0 saturated heterocycles. The summed E-state index contributed by atoms with van der Waals surface area (Å²) in [5.41, 5.74) is 0.790. The molecule has 0 aliphatic rings. The summed E-state index contributed by atoms with van der Waals surface area (Å²) in [4.78, 5) is 26.3. The normalized spacial score (nSPS) is 13.7. The van der Waals surface area contributed by atoms with Crippen molar-refractivity contribution in [1.29, 1.82) is 0 Å². The highest BCUT2D eigenvalue weighted by atomic mass is 19.1. The molecule has 0 radical (unpaired) electrons. The number of nitrogens with one attached hydrogen (secondary N) is 1. The van der Waals surface area contributed by atoms with Gasteiger partial charge in [0, 0.05) is 25.4 Å². The molecule has 0 bridgehead atoms. The molecule has 38 heavy (non-hydrogen) atoms. The Morgan fingerprint density at radius 1 is 1.16 bits per heavy atom. The van der Waals surface area contributed by atoms with E-state index in [1.54, 1.807) is 26.0 Å². The number of hydrogen-bond donors (Lipinski definition) is 1. The van der Waals surface area contributed by atoms with Gasteiger partial charge in [0.2, 0.25) is 0 Å². The van der Waals surface area contributed by atoms with Crippen molar-refractivity contribution in [2.24, 2.45) is 7.05 Å². The molecule has 1 N–H and O–H groups in total. The van der Waals surface area contributed by atoms with Gasteiger partial charge in [0.15, 0.2) is 12.1 Å². The molecular formula is C28H37FN4O5. The van der Waals surface area contributed by atoms with E-state index in [0.29, 0.717) is 18.1 Å². The lowest BCUT2D eigenvalue weighted by atomic mass is 10.1. The number of halogens is 1. The minimum atomic E-state index is -0.793. The van der Waals surface area contributed by atoms with Gasteiger partial charge in [-0.25, -0.2) is 9.18 Å². The topological polar surface area (TPSA) is 96.6 Å². The van der Waals surface area contributed by atoms with Crippen LogP contribution in [-0.4, -0.2) is 39.3 Å². The number of carbonyl (C=O) groups is 1. The molecular weight excluding hydrogens is 491 g/mol. The second-order valence-electron chi connectivity index (χ2n) is 9.20. The summed E-state index contributed by atoms with van der Waals surface area (Å²) in [5.74, 6) is -0.867. The van der Waals surface area contributed by atoms with E-state index < -0.39 is 29.8 Å². The summed E-state index contributed by atoms with van der Waals surface area (Å²) >= 11 is 0. The maximum absolute atomic E-state index is 15.5. The summed E-state index contributed by atoms with van der Waals surface area (Å²) in [6.45, 7) is 11.6. The quantitative estimate of drug-likeness (QED) is 0.321. The van der Waals surface area contributed by atoms with Crippen molar-refractivity contribution in [3.8, 4) is 11.4 Å². The molecule has 2 unspecified atom stereocenters. The van der Waals surface area contributed by atoms with Crippen molar-refractivity contribution >= 4 is 11.6 Å². The number of rotatable bonds is 12. The van der Waals surface area contributed by atoms with Crippen LogP contribution in [0, 0.1) is 12.7 Å². The van der Waals surface area contributed by atoms with Gasteiger partial charge < -0.3 is 19.5 Å². The summed E-state index contributed by atoms with van der Waals surface area (Å²) in [6, 6.07) is 9.73. The Hall–Kier alpha value is -3.50. The molecule has 1 heterocycles. The summed E-state index contributed by atoms with van der Waals surface area (Å²) in [7, 11) is 1.54. The fraction of sp³-hybridized carbons (Fsp3) is 0.464. The van der Waals surface area contributed by atoms with E-state index in [-0.39, 0.29) is 23.1 Å². The number of para-hydroxylation sites is 1. The Kier molecular flexibility index (Phi) is 9.82. The number of ether oxygens (including phenoxy) is 3. The minimum absolute atomic E-state index is 0.0175. The van der Waals surface area contributed by atoms with Gasteiger partial charge in [0.05, 0.1) is 11.7 Å². The van der Waals surface area contributed by atoms with Gasteiger partial charge in [-0.05, 0) is 58.7 Å². The lowest BCUT2D eigenvalue weighted by Crippen LogP contribution is -2.24. The van der Waals surface area contributed by atoms with Crippen LogP contribution in [0.3, 0.4) is 0 Å². The largest absolute Gasteiger partial charge is 0.490 e. The van der Waals surface area contributed by atoms with E-state index in [2.05, 4.69) is 10.4 Å². The highest BCUT2D eigenvalue weighted by Gasteiger charge is 2.25. The molecule has 2 aromatic carbocycles. The van der Waals surface area contributed by atoms with Crippen molar-refractivity contribution in [1.82, 2.24) is 14.3 Å². The van der Waals surface area contributed by atoms with Crippen LogP contribution in [-0.2, 0) is 16.5 Å². The second kappa shape index (κ2) is 12.8. The highest BCUT2D eigenvalue weighted by Crippen LogP contribution is 2.29. The van der Waals surface area contributed by atoms with Crippen LogP contribution in [0.15, 0.2) is 41.2 Å². The van der Waals surface area contributed by atoms with Crippen LogP contribution in [0.2, 0.25) is 0 Å².